The molecule has 2 fully saturated rings. The van der Waals surface area contributed by atoms with E-state index in [1.54, 1.807) is 0 Å². The molecule has 0 bridgehead atoms. The molecular formula is C19H27NO4. The molecule has 24 heavy (non-hydrogen) atoms. The number of hydrogen-bond acceptors (Lipinski definition) is 4. The molecule has 5 nitrogen and oxygen atoms in total. The van der Waals surface area contributed by atoms with Gasteiger partial charge in [-0.1, -0.05) is 18.2 Å². The van der Waals surface area contributed by atoms with Crippen molar-refractivity contribution in [2.24, 2.45) is 0 Å². The van der Waals surface area contributed by atoms with Gasteiger partial charge in [-0.15, -0.1) is 0 Å². The molecule has 0 N–H and O–H groups in total. The molecule has 0 radical (unpaired) electrons. The number of nitrogens with zero attached hydrogens (tertiary/aromatic N) is 1. The molecule has 2 saturated heterocycles. The molecule has 0 aliphatic carbocycles. The summed E-state index contributed by atoms with van der Waals surface area (Å²) in [6, 6.07) is 9.61. The molecule has 0 saturated carbocycles. The fourth-order valence-electron chi connectivity index (χ4n) is 3.59. The average molecular weight is 333 g/mol. The van der Waals surface area contributed by atoms with Crippen LogP contribution >= 0.6 is 0 Å². The van der Waals surface area contributed by atoms with Gasteiger partial charge in [0, 0.05) is 26.1 Å². The minimum absolute atomic E-state index is 0.0723. The largest absolute Gasteiger partial charge is 0.493 e. The third kappa shape index (κ3) is 4.28. The normalized spacial score (nSPS) is 22.7. The Hall–Kier alpha value is -1.59. The molecule has 0 aromatic heterocycles. The van der Waals surface area contributed by atoms with Crippen molar-refractivity contribution in [1.82, 2.24) is 4.90 Å². The van der Waals surface area contributed by atoms with E-state index < -0.39 is 0 Å². The second kappa shape index (κ2) is 7.99. The highest BCUT2D eigenvalue weighted by atomic mass is 16.6. The number of piperidine rings is 1. The summed E-state index contributed by atoms with van der Waals surface area (Å²) in [6.07, 6.45) is 3.41. The molecule has 3 rings (SSSR count). The number of hydrogen-bond donors (Lipinski definition) is 0. The van der Waals surface area contributed by atoms with Gasteiger partial charge < -0.3 is 19.1 Å². The highest BCUT2D eigenvalue weighted by molar-refractivity contribution is 5.76. The Morgan fingerprint density at radius 1 is 1.29 bits per heavy atom. The Labute approximate surface area is 143 Å². The lowest BCUT2D eigenvalue weighted by Gasteiger charge is -2.38. The third-order valence-corrected chi connectivity index (χ3v) is 4.93. The van der Waals surface area contributed by atoms with Crippen molar-refractivity contribution in [3.05, 3.63) is 30.3 Å². The van der Waals surface area contributed by atoms with Gasteiger partial charge in [0.1, 0.15) is 5.75 Å². The molecular weight excluding hydrogens is 306 g/mol. The number of benzene rings is 1. The Bertz CT molecular complexity index is 525. The first-order valence-electron chi connectivity index (χ1n) is 8.92. The van der Waals surface area contributed by atoms with Crippen LogP contribution < -0.4 is 4.74 Å². The van der Waals surface area contributed by atoms with E-state index in [2.05, 4.69) is 0 Å². The molecule has 2 heterocycles. The van der Waals surface area contributed by atoms with Crippen molar-refractivity contribution < 1.29 is 19.0 Å². The molecule has 1 aromatic carbocycles. The highest BCUT2D eigenvalue weighted by Gasteiger charge is 2.43. The minimum atomic E-state index is -0.0723. The Morgan fingerprint density at radius 3 is 2.75 bits per heavy atom. The van der Waals surface area contributed by atoms with Crippen LogP contribution in [0.3, 0.4) is 0 Å². The van der Waals surface area contributed by atoms with Gasteiger partial charge in [0.15, 0.2) is 0 Å². The summed E-state index contributed by atoms with van der Waals surface area (Å²) in [6.45, 7) is 5.39. The number of carbonyl (C=O) groups is 1. The maximum Gasteiger partial charge on any atom is 0.226 e. The first-order valence-corrected chi connectivity index (χ1v) is 8.92. The van der Waals surface area contributed by atoms with E-state index in [4.69, 9.17) is 14.2 Å². The maximum atomic E-state index is 12.3. The molecule has 1 spiro atoms. The zero-order chi connectivity index (χ0) is 16.8. The number of rotatable bonds is 6. The summed E-state index contributed by atoms with van der Waals surface area (Å²) >= 11 is 0. The second-order valence-electron chi connectivity index (χ2n) is 6.57. The molecule has 2 aliphatic heterocycles. The van der Waals surface area contributed by atoms with Crippen molar-refractivity contribution in [2.75, 3.05) is 32.9 Å². The van der Waals surface area contributed by atoms with Crippen LogP contribution in [0.25, 0.3) is 0 Å². The van der Waals surface area contributed by atoms with Gasteiger partial charge in [-0.3, -0.25) is 4.79 Å². The Morgan fingerprint density at radius 2 is 2.04 bits per heavy atom. The number of ether oxygens (including phenoxy) is 3. The molecule has 5 heteroatoms. The lowest BCUT2D eigenvalue weighted by atomic mass is 9.88. The van der Waals surface area contributed by atoms with Gasteiger partial charge >= 0.3 is 0 Å². The second-order valence-corrected chi connectivity index (χ2v) is 6.57. The van der Waals surface area contributed by atoms with Gasteiger partial charge in [0.2, 0.25) is 5.91 Å². The van der Waals surface area contributed by atoms with Crippen molar-refractivity contribution in [1.29, 1.82) is 0 Å². The molecule has 1 aromatic rings. The van der Waals surface area contributed by atoms with Crippen molar-refractivity contribution in [2.45, 2.75) is 44.3 Å². The minimum Gasteiger partial charge on any atom is -0.493 e. The third-order valence-electron chi connectivity index (χ3n) is 4.93. The summed E-state index contributed by atoms with van der Waals surface area (Å²) in [5.74, 6) is 0.976. The van der Waals surface area contributed by atoms with E-state index in [1.165, 1.54) is 0 Å². The summed E-state index contributed by atoms with van der Waals surface area (Å²) in [4.78, 5) is 14.3. The van der Waals surface area contributed by atoms with Crippen LogP contribution in [0.1, 0.15) is 32.6 Å². The summed E-state index contributed by atoms with van der Waals surface area (Å²) in [5, 5.41) is 0. The van der Waals surface area contributed by atoms with Crippen molar-refractivity contribution >= 4 is 5.91 Å². The highest BCUT2D eigenvalue weighted by Crippen LogP contribution is 2.37. The Balaban J connectivity index is 1.39. The van der Waals surface area contributed by atoms with E-state index >= 15 is 0 Å². The van der Waals surface area contributed by atoms with Crippen LogP contribution in [0.15, 0.2) is 30.3 Å². The summed E-state index contributed by atoms with van der Waals surface area (Å²) in [5.41, 5.74) is -0.0723. The quantitative estimate of drug-likeness (QED) is 0.803. The van der Waals surface area contributed by atoms with Crippen LogP contribution in [0.5, 0.6) is 5.75 Å². The molecule has 1 unspecified atom stereocenters. The predicted octanol–water partition coefficient (Wildman–Crippen LogP) is 2.64. The zero-order valence-corrected chi connectivity index (χ0v) is 14.4. The van der Waals surface area contributed by atoms with E-state index in [-0.39, 0.29) is 17.6 Å². The fraction of sp³-hybridized carbons (Fsp3) is 0.632. The van der Waals surface area contributed by atoms with Crippen LogP contribution in [-0.4, -0.2) is 55.4 Å². The lowest BCUT2D eigenvalue weighted by Crippen LogP contribution is -2.46. The van der Waals surface area contributed by atoms with Gasteiger partial charge in [-0.05, 0) is 31.9 Å². The maximum absolute atomic E-state index is 12.3. The van der Waals surface area contributed by atoms with Crippen LogP contribution in [-0.2, 0) is 14.3 Å². The molecule has 132 valence electrons. The molecule has 1 amide bonds. The molecule has 1 atom stereocenters. The number of carbonyl (C=O) groups excluding carboxylic acids is 1. The van der Waals surface area contributed by atoms with Gasteiger partial charge in [-0.25, -0.2) is 0 Å². The fourth-order valence-corrected chi connectivity index (χ4v) is 3.59. The number of likely N-dealkylation sites (tertiary alicyclic amines) is 1. The number of amides is 1. The topological polar surface area (TPSA) is 48.0 Å². The first-order chi connectivity index (χ1) is 11.7. The smallest absolute Gasteiger partial charge is 0.226 e. The van der Waals surface area contributed by atoms with Crippen molar-refractivity contribution in [3.63, 3.8) is 0 Å². The SMILES string of the molecule is CCOC1COC2(CCN(C(=O)CCOc3ccccc3)CC2)C1. The van der Waals surface area contributed by atoms with Gasteiger partial charge in [-0.2, -0.15) is 0 Å². The standard InChI is InChI=1S/C19H27NO4/c1-2-22-17-14-19(24-15-17)9-11-20(12-10-19)18(21)8-13-23-16-6-4-3-5-7-16/h3-7,17H,2,8-15H2,1H3. The van der Waals surface area contributed by atoms with Crippen LogP contribution in [0, 0.1) is 0 Å². The van der Waals surface area contributed by atoms with Crippen molar-refractivity contribution in [3.8, 4) is 5.75 Å². The van der Waals surface area contributed by atoms with Gasteiger partial charge in [0.05, 0.1) is 31.3 Å². The van der Waals surface area contributed by atoms with Crippen LogP contribution in [0.4, 0.5) is 0 Å². The Kier molecular flexibility index (Phi) is 5.74. The summed E-state index contributed by atoms with van der Waals surface area (Å²) in [7, 11) is 0. The van der Waals surface area contributed by atoms with E-state index in [9.17, 15) is 4.79 Å². The van der Waals surface area contributed by atoms with Crippen LogP contribution in [0.2, 0.25) is 0 Å². The van der Waals surface area contributed by atoms with E-state index in [1.807, 2.05) is 42.2 Å². The van der Waals surface area contributed by atoms with E-state index in [0.29, 0.717) is 19.6 Å². The zero-order valence-electron chi connectivity index (χ0n) is 14.4. The van der Waals surface area contributed by atoms with E-state index in [0.717, 1.165) is 44.7 Å². The average Bonchev–Trinajstić information content (AvgIpc) is 2.99. The molecule has 2 aliphatic rings. The number of para-hydroxylation sites is 1. The monoisotopic (exact) mass is 333 g/mol. The lowest BCUT2D eigenvalue weighted by molar-refractivity contribution is -0.136. The van der Waals surface area contributed by atoms with Gasteiger partial charge in [0.25, 0.3) is 0 Å². The summed E-state index contributed by atoms with van der Waals surface area (Å²) < 4.78 is 17.3. The predicted molar refractivity (Wildman–Crippen MR) is 91.1 cm³/mol. The first kappa shape index (κ1) is 17.2.